The lowest BCUT2D eigenvalue weighted by Gasteiger charge is -2.45. The monoisotopic (exact) mass is 969 g/mol. The van der Waals surface area contributed by atoms with Gasteiger partial charge >= 0.3 is 11.9 Å². The molecule has 1 saturated heterocycles. The number of oxazole rings is 2. The summed E-state index contributed by atoms with van der Waals surface area (Å²) in [4.78, 5) is 36.6. The molecule has 0 radical (unpaired) electrons. The van der Waals surface area contributed by atoms with E-state index < -0.39 is 51.6 Å². The molecule has 11 nitrogen and oxygen atoms in total. The lowest BCUT2D eigenvalue weighted by atomic mass is 9.79. The zero-order chi connectivity index (χ0) is 50.3. The average molecular weight is 969 g/mol. The van der Waals surface area contributed by atoms with E-state index in [2.05, 4.69) is 136 Å². The maximum absolute atomic E-state index is 13.8. The van der Waals surface area contributed by atoms with Gasteiger partial charge in [-0.15, -0.1) is 0 Å². The highest BCUT2D eigenvalue weighted by molar-refractivity contribution is 6.74. The SMILES string of the molecule is C/C=C/C(O[Si](C)(C)C(C)(C)C)C(C)(C)[C@@H]1C/C=C\[C@H]2O[C@H]2/C=C/C=C\c2nc(co2)C(=O)O[C@H](C(C)(C)[C@H](/C=C/C)O[Si](C)(C)C(C)(C)C)C/C=C\C2C[C@H]2/C=C/C=C\c2nc(co2)C(=O)O1. The number of allylic oxidation sites excluding steroid dienone is 8. The van der Waals surface area contributed by atoms with Crippen LogP contribution in [0.25, 0.3) is 12.2 Å². The number of carbonyl (C=O) groups is 2. The Morgan fingerprint density at radius 2 is 1.01 bits per heavy atom. The number of ether oxygens (including phenoxy) is 3. The summed E-state index contributed by atoms with van der Waals surface area (Å²) in [7, 11) is -4.44. The first kappa shape index (κ1) is 54.5. The molecule has 0 N–H and O–H groups in total. The van der Waals surface area contributed by atoms with Gasteiger partial charge < -0.3 is 31.9 Å². The Bertz CT molecular complexity index is 2110. The summed E-state index contributed by atoms with van der Waals surface area (Å²) >= 11 is 0. The van der Waals surface area contributed by atoms with Crippen LogP contribution < -0.4 is 0 Å². The van der Waals surface area contributed by atoms with Gasteiger partial charge in [-0.2, -0.15) is 0 Å². The van der Waals surface area contributed by atoms with Crippen molar-refractivity contribution in [3.05, 3.63) is 121 Å². The molecule has 0 amide bonds. The molecule has 2 fully saturated rings. The molecule has 4 heterocycles. The van der Waals surface area contributed by atoms with E-state index in [0.717, 1.165) is 6.42 Å². The zero-order valence-corrected chi connectivity index (χ0v) is 45.7. The lowest BCUT2D eigenvalue weighted by Crippen LogP contribution is -2.51. The second-order valence-corrected chi connectivity index (χ2v) is 32.2. The average Bonchev–Trinajstić information content (AvgIpc) is 4.03. The van der Waals surface area contributed by atoms with Crippen LogP contribution in [0, 0.1) is 22.7 Å². The predicted molar refractivity (Wildman–Crippen MR) is 277 cm³/mol. The number of carbonyl (C=O) groups excluding carboxylic acids is 2. The summed E-state index contributed by atoms with van der Waals surface area (Å²) in [5.74, 6) is 0.161. The fraction of sp³-hybridized carbons (Fsp3) is 0.564. The van der Waals surface area contributed by atoms with Crippen molar-refractivity contribution in [1.29, 1.82) is 0 Å². The fourth-order valence-electron chi connectivity index (χ4n) is 7.38. The normalized spacial score (nSPS) is 27.8. The second-order valence-electron chi connectivity index (χ2n) is 22.7. The Labute approximate surface area is 409 Å². The van der Waals surface area contributed by atoms with E-state index in [1.54, 1.807) is 18.2 Å². The van der Waals surface area contributed by atoms with Gasteiger partial charge in [-0.25, -0.2) is 19.6 Å². The Morgan fingerprint density at radius 1 is 0.603 bits per heavy atom. The molecular formula is C55H80N2O9Si2. The summed E-state index contributed by atoms with van der Waals surface area (Å²) in [5, 5.41) is -0.0361. The Morgan fingerprint density at radius 3 is 1.46 bits per heavy atom. The molecule has 0 spiro atoms. The van der Waals surface area contributed by atoms with Gasteiger partial charge in [0, 0.05) is 35.8 Å². The number of hydrogen-bond donors (Lipinski definition) is 0. The number of esters is 2. The minimum absolute atomic E-state index is 0.0132. The number of epoxide rings is 1. The molecule has 13 heteroatoms. The van der Waals surface area contributed by atoms with E-state index in [0.29, 0.717) is 30.6 Å². The highest BCUT2D eigenvalue weighted by atomic mass is 28.4. The van der Waals surface area contributed by atoms with Gasteiger partial charge in [0.25, 0.3) is 0 Å². The molecular weight excluding hydrogens is 889 g/mol. The van der Waals surface area contributed by atoms with Gasteiger partial charge in [-0.05, 0) is 68.4 Å². The number of nitrogens with zero attached hydrogens (tertiary/aromatic N) is 2. The minimum Gasteiger partial charge on any atom is -0.457 e. The zero-order valence-electron chi connectivity index (χ0n) is 43.7. The van der Waals surface area contributed by atoms with Gasteiger partial charge in [0.1, 0.15) is 36.9 Å². The largest absolute Gasteiger partial charge is 0.457 e. The van der Waals surface area contributed by atoms with Gasteiger partial charge in [0.05, 0.1) is 12.2 Å². The van der Waals surface area contributed by atoms with Crippen molar-refractivity contribution in [2.45, 2.75) is 175 Å². The second kappa shape index (κ2) is 22.1. The number of hydrogen-bond acceptors (Lipinski definition) is 11. The van der Waals surface area contributed by atoms with E-state index in [4.69, 9.17) is 31.9 Å². The molecule has 4 bridgehead atoms. The molecule has 5 rings (SSSR count). The molecule has 8 atom stereocenters. The van der Waals surface area contributed by atoms with E-state index in [-0.39, 0.29) is 51.8 Å². The molecule has 3 aliphatic rings. The van der Waals surface area contributed by atoms with Crippen LogP contribution in [0.5, 0.6) is 0 Å². The van der Waals surface area contributed by atoms with Crippen molar-refractivity contribution >= 4 is 40.7 Å². The lowest BCUT2D eigenvalue weighted by molar-refractivity contribution is -0.0425. The number of cyclic esters (lactones) is 2. The first-order valence-corrected chi connectivity index (χ1v) is 30.1. The first-order valence-electron chi connectivity index (χ1n) is 24.3. The summed E-state index contributed by atoms with van der Waals surface area (Å²) < 4.78 is 44.0. The topological polar surface area (TPSA) is 136 Å². The van der Waals surface area contributed by atoms with Crippen LogP contribution in [0.3, 0.4) is 0 Å². The molecule has 2 aliphatic heterocycles. The van der Waals surface area contributed by atoms with Crippen LogP contribution in [-0.2, 0) is 23.1 Å². The Kier molecular flexibility index (Phi) is 17.7. The third kappa shape index (κ3) is 14.3. The van der Waals surface area contributed by atoms with Gasteiger partial charge in [0.15, 0.2) is 28.0 Å². The van der Waals surface area contributed by atoms with Gasteiger partial charge in [-0.1, -0.05) is 154 Å². The highest BCUT2D eigenvalue weighted by Gasteiger charge is 2.48. The Hall–Kier alpha value is -4.41. The molecule has 1 saturated carbocycles. The summed E-state index contributed by atoms with van der Waals surface area (Å²) in [6.45, 7) is 34.6. The minimum atomic E-state index is -2.23. The molecule has 2 unspecified atom stereocenters. The van der Waals surface area contributed by atoms with Crippen LogP contribution in [0.15, 0.2) is 106 Å². The molecule has 1 aliphatic carbocycles. The summed E-state index contributed by atoms with van der Waals surface area (Å²) in [5.41, 5.74) is -1.04. The third-order valence-electron chi connectivity index (χ3n) is 14.5. The quantitative estimate of drug-likeness (QED) is 0.0974. The van der Waals surface area contributed by atoms with Crippen molar-refractivity contribution in [2.75, 3.05) is 0 Å². The van der Waals surface area contributed by atoms with Crippen molar-refractivity contribution < 1.29 is 41.5 Å². The fourth-order valence-corrected chi connectivity index (χ4v) is 10.1. The van der Waals surface area contributed by atoms with Crippen molar-refractivity contribution in [3.8, 4) is 0 Å². The van der Waals surface area contributed by atoms with Crippen LogP contribution in [-0.4, -0.2) is 75.2 Å². The van der Waals surface area contributed by atoms with E-state index in [9.17, 15) is 9.59 Å². The van der Waals surface area contributed by atoms with Crippen LogP contribution in [0.1, 0.15) is 135 Å². The number of fused-ring (bicyclic) bond motifs is 6. The number of rotatable bonds is 10. The van der Waals surface area contributed by atoms with Crippen LogP contribution >= 0.6 is 0 Å². The predicted octanol–water partition coefficient (Wildman–Crippen LogP) is 13.8. The Balaban J connectivity index is 1.41. The molecule has 372 valence electrons. The maximum atomic E-state index is 13.8. The van der Waals surface area contributed by atoms with Crippen molar-refractivity contribution in [1.82, 2.24) is 9.97 Å². The molecule has 68 heavy (non-hydrogen) atoms. The number of aromatic nitrogens is 2. The molecule has 0 aromatic carbocycles. The third-order valence-corrected chi connectivity index (χ3v) is 23.4. The highest BCUT2D eigenvalue weighted by Crippen LogP contribution is 2.45. The first-order chi connectivity index (χ1) is 31.7. The van der Waals surface area contributed by atoms with Gasteiger partial charge in [0.2, 0.25) is 11.8 Å². The van der Waals surface area contributed by atoms with Gasteiger partial charge in [-0.3, -0.25) is 0 Å². The van der Waals surface area contributed by atoms with E-state index in [1.165, 1.54) is 12.5 Å². The van der Waals surface area contributed by atoms with Crippen molar-refractivity contribution in [2.24, 2.45) is 22.7 Å². The maximum Gasteiger partial charge on any atom is 0.360 e. The molecule has 2 aromatic heterocycles. The van der Waals surface area contributed by atoms with E-state index in [1.807, 2.05) is 62.5 Å². The van der Waals surface area contributed by atoms with Crippen LogP contribution in [0.4, 0.5) is 0 Å². The van der Waals surface area contributed by atoms with E-state index >= 15 is 0 Å². The van der Waals surface area contributed by atoms with Crippen molar-refractivity contribution in [3.63, 3.8) is 0 Å². The standard InChI is InChI=1S/C55H80N2O9Si2/c1-17-25-46(65-67(13,14)52(3,4)5)54(9,10)44-31-23-28-39-35-38(39)27-19-21-33-48-56-41(36-60-48)51(59)64-45(55(11,12)47(26-18-2)66-68(15,16)53(6,7)8)32-24-30-43-42(62-43)29-20-22-34-49-57-40(37-61-49)50(58)63-44/h17-30,33-34,36-39,42-47H,31-32,35H2,1-16H3/b25-17+,26-18+,27-19+,28-23-,29-20+,30-24-,33-21-,34-22-/t38-,39?,42+,43-,44+,45+,46+,47?/m1/s1. The summed E-state index contributed by atoms with van der Waals surface area (Å²) in [6, 6.07) is 0. The smallest absolute Gasteiger partial charge is 0.360 e. The molecule has 2 aromatic rings. The van der Waals surface area contributed by atoms with Crippen LogP contribution in [0.2, 0.25) is 36.3 Å². The summed E-state index contributed by atoms with van der Waals surface area (Å²) in [6.07, 6.45) is 34.1.